The number of hydrogen-bond donors (Lipinski definition) is 1. The molecule has 0 saturated carbocycles. The van der Waals surface area contributed by atoms with Crippen molar-refractivity contribution in [2.45, 2.75) is 47.1 Å². The van der Waals surface area contributed by atoms with Crippen LogP contribution in [0, 0.1) is 11.3 Å². The first-order chi connectivity index (χ1) is 6.26. The van der Waals surface area contributed by atoms with Crippen molar-refractivity contribution in [2.24, 2.45) is 17.1 Å². The predicted octanol–water partition coefficient (Wildman–Crippen LogP) is 1.95. The standard InChI is InChI=1S/C11H23NO2/c1-8(2)14-10(13)9(7-12)6-11(3,4)5/h8-9H,6-7,12H2,1-5H3. The Kier molecular flexibility index (Phi) is 5.13. The lowest BCUT2D eigenvalue weighted by molar-refractivity contribution is -0.153. The minimum absolute atomic E-state index is 0.0588. The molecule has 0 aliphatic heterocycles. The third-order valence-corrected chi connectivity index (χ3v) is 1.83. The average Bonchev–Trinajstić information content (AvgIpc) is 1.96. The van der Waals surface area contributed by atoms with Gasteiger partial charge in [-0.05, 0) is 25.7 Å². The van der Waals surface area contributed by atoms with Crippen LogP contribution in [-0.2, 0) is 9.53 Å². The largest absolute Gasteiger partial charge is 0.463 e. The highest BCUT2D eigenvalue weighted by Crippen LogP contribution is 2.24. The lowest BCUT2D eigenvalue weighted by Gasteiger charge is -2.24. The van der Waals surface area contributed by atoms with Gasteiger partial charge in [-0.3, -0.25) is 4.79 Å². The maximum absolute atomic E-state index is 11.6. The molecule has 3 nitrogen and oxygen atoms in total. The molecular formula is C11H23NO2. The summed E-state index contributed by atoms with van der Waals surface area (Å²) >= 11 is 0. The summed E-state index contributed by atoms with van der Waals surface area (Å²) in [5.74, 6) is -0.338. The molecule has 1 atom stereocenters. The number of esters is 1. The zero-order chi connectivity index (χ0) is 11.4. The summed E-state index contributed by atoms with van der Waals surface area (Å²) in [4.78, 5) is 11.6. The Bertz CT molecular complexity index is 182. The summed E-state index contributed by atoms with van der Waals surface area (Å²) in [5.41, 5.74) is 5.67. The molecule has 1 unspecified atom stereocenters. The normalized spacial score (nSPS) is 14.2. The molecule has 0 saturated heterocycles. The summed E-state index contributed by atoms with van der Waals surface area (Å²) in [6.07, 6.45) is 0.714. The molecule has 0 aromatic carbocycles. The van der Waals surface area contributed by atoms with Crippen LogP contribution in [0.2, 0.25) is 0 Å². The number of rotatable bonds is 4. The fraction of sp³-hybridized carbons (Fsp3) is 0.909. The fourth-order valence-corrected chi connectivity index (χ4v) is 1.33. The van der Waals surface area contributed by atoms with Crippen LogP contribution >= 0.6 is 0 Å². The van der Waals surface area contributed by atoms with Crippen LogP contribution in [0.5, 0.6) is 0 Å². The van der Waals surface area contributed by atoms with Gasteiger partial charge in [-0.1, -0.05) is 20.8 Å². The van der Waals surface area contributed by atoms with Gasteiger partial charge in [0.1, 0.15) is 0 Å². The third kappa shape index (κ3) is 5.97. The van der Waals surface area contributed by atoms with Crippen LogP contribution in [0.15, 0.2) is 0 Å². The Morgan fingerprint density at radius 3 is 2.14 bits per heavy atom. The van der Waals surface area contributed by atoms with Gasteiger partial charge in [0, 0.05) is 6.54 Å². The van der Waals surface area contributed by atoms with E-state index in [4.69, 9.17) is 10.5 Å². The van der Waals surface area contributed by atoms with Crippen molar-refractivity contribution in [3.05, 3.63) is 0 Å². The van der Waals surface area contributed by atoms with Gasteiger partial charge >= 0.3 is 5.97 Å². The van der Waals surface area contributed by atoms with E-state index >= 15 is 0 Å². The van der Waals surface area contributed by atoms with E-state index in [-0.39, 0.29) is 23.4 Å². The Labute approximate surface area is 87.0 Å². The minimum Gasteiger partial charge on any atom is -0.463 e. The molecule has 0 spiro atoms. The summed E-state index contributed by atoms with van der Waals surface area (Å²) in [6.45, 7) is 10.4. The van der Waals surface area contributed by atoms with E-state index < -0.39 is 0 Å². The van der Waals surface area contributed by atoms with Gasteiger partial charge in [0.05, 0.1) is 12.0 Å². The van der Waals surface area contributed by atoms with Crippen molar-refractivity contribution in [3.63, 3.8) is 0 Å². The summed E-state index contributed by atoms with van der Waals surface area (Å²) < 4.78 is 5.13. The molecule has 0 aromatic heterocycles. The van der Waals surface area contributed by atoms with E-state index in [2.05, 4.69) is 20.8 Å². The summed E-state index contributed by atoms with van der Waals surface area (Å²) in [7, 11) is 0. The van der Waals surface area contributed by atoms with Crippen molar-refractivity contribution in [2.75, 3.05) is 6.54 Å². The minimum atomic E-state index is -0.169. The van der Waals surface area contributed by atoms with Gasteiger partial charge < -0.3 is 10.5 Å². The van der Waals surface area contributed by atoms with E-state index in [1.807, 2.05) is 13.8 Å². The van der Waals surface area contributed by atoms with Crippen LogP contribution in [-0.4, -0.2) is 18.6 Å². The third-order valence-electron chi connectivity index (χ3n) is 1.83. The molecule has 3 heteroatoms. The predicted molar refractivity (Wildman–Crippen MR) is 57.8 cm³/mol. The van der Waals surface area contributed by atoms with Gasteiger partial charge in [-0.25, -0.2) is 0 Å². The molecule has 0 aliphatic rings. The fourth-order valence-electron chi connectivity index (χ4n) is 1.33. The summed E-state index contributed by atoms with van der Waals surface area (Å²) in [6, 6.07) is 0. The smallest absolute Gasteiger partial charge is 0.310 e. The highest BCUT2D eigenvalue weighted by Gasteiger charge is 2.25. The van der Waals surface area contributed by atoms with Crippen molar-refractivity contribution in [1.29, 1.82) is 0 Å². The molecule has 0 amide bonds. The highest BCUT2D eigenvalue weighted by atomic mass is 16.5. The van der Waals surface area contributed by atoms with Crippen LogP contribution < -0.4 is 5.73 Å². The second-order valence-electron chi connectivity index (χ2n) is 5.18. The molecule has 2 N–H and O–H groups in total. The summed E-state index contributed by atoms with van der Waals surface area (Å²) in [5, 5.41) is 0. The molecular weight excluding hydrogens is 178 g/mol. The maximum atomic E-state index is 11.6. The van der Waals surface area contributed by atoms with Crippen molar-refractivity contribution >= 4 is 5.97 Å². The maximum Gasteiger partial charge on any atom is 0.310 e. The number of hydrogen-bond acceptors (Lipinski definition) is 3. The second kappa shape index (κ2) is 5.35. The zero-order valence-corrected chi connectivity index (χ0v) is 9.96. The van der Waals surface area contributed by atoms with Gasteiger partial charge in [-0.15, -0.1) is 0 Å². The molecule has 0 heterocycles. The molecule has 14 heavy (non-hydrogen) atoms. The lowest BCUT2D eigenvalue weighted by Crippen LogP contribution is -2.31. The first-order valence-corrected chi connectivity index (χ1v) is 5.17. The second-order valence-corrected chi connectivity index (χ2v) is 5.18. The molecule has 0 radical (unpaired) electrons. The van der Waals surface area contributed by atoms with Gasteiger partial charge in [0.15, 0.2) is 0 Å². The molecule has 0 aromatic rings. The number of carbonyl (C=O) groups excluding carboxylic acids is 1. The van der Waals surface area contributed by atoms with E-state index in [9.17, 15) is 4.79 Å². The lowest BCUT2D eigenvalue weighted by atomic mass is 9.84. The average molecular weight is 201 g/mol. The van der Waals surface area contributed by atoms with Gasteiger partial charge in [0.2, 0.25) is 0 Å². The van der Waals surface area contributed by atoms with E-state index in [1.54, 1.807) is 0 Å². The quantitative estimate of drug-likeness (QED) is 0.707. The molecule has 0 rings (SSSR count). The SMILES string of the molecule is CC(C)OC(=O)C(CN)CC(C)(C)C. The van der Waals surface area contributed by atoms with E-state index in [0.29, 0.717) is 6.54 Å². The van der Waals surface area contributed by atoms with Crippen molar-refractivity contribution in [1.82, 2.24) is 0 Å². The molecule has 0 aliphatic carbocycles. The Balaban J connectivity index is 4.20. The van der Waals surface area contributed by atoms with Gasteiger partial charge in [-0.2, -0.15) is 0 Å². The van der Waals surface area contributed by atoms with Crippen molar-refractivity contribution in [3.8, 4) is 0 Å². The van der Waals surface area contributed by atoms with E-state index in [1.165, 1.54) is 0 Å². The zero-order valence-electron chi connectivity index (χ0n) is 9.96. The molecule has 0 bridgehead atoms. The van der Waals surface area contributed by atoms with Crippen LogP contribution in [0.1, 0.15) is 41.0 Å². The number of ether oxygens (including phenoxy) is 1. The number of nitrogens with two attached hydrogens (primary N) is 1. The van der Waals surface area contributed by atoms with Crippen LogP contribution in [0.4, 0.5) is 0 Å². The Morgan fingerprint density at radius 2 is 1.86 bits per heavy atom. The molecule has 84 valence electrons. The van der Waals surface area contributed by atoms with Crippen molar-refractivity contribution < 1.29 is 9.53 Å². The highest BCUT2D eigenvalue weighted by molar-refractivity contribution is 5.72. The molecule has 0 fully saturated rings. The monoisotopic (exact) mass is 201 g/mol. The topological polar surface area (TPSA) is 52.3 Å². The van der Waals surface area contributed by atoms with Crippen LogP contribution in [0.25, 0.3) is 0 Å². The number of carbonyl (C=O) groups is 1. The van der Waals surface area contributed by atoms with Crippen LogP contribution in [0.3, 0.4) is 0 Å². The Morgan fingerprint density at radius 1 is 1.36 bits per heavy atom. The first kappa shape index (κ1) is 13.4. The van der Waals surface area contributed by atoms with Gasteiger partial charge in [0.25, 0.3) is 0 Å². The Hall–Kier alpha value is -0.570. The first-order valence-electron chi connectivity index (χ1n) is 5.17. The van der Waals surface area contributed by atoms with E-state index in [0.717, 1.165) is 6.42 Å².